The van der Waals surface area contributed by atoms with Crippen molar-refractivity contribution in [1.29, 1.82) is 5.26 Å². The van der Waals surface area contributed by atoms with Crippen LogP contribution in [0.4, 0.5) is 0 Å². The van der Waals surface area contributed by atoms with Crippen molar-refractivity contribution < 1.29 is 4.74 Å². The Morgan fingerprint density at radius 1 is 1.20 bits per heavy atom. The van der Waals surface area contributed by atoms with Gasteiger partial charge in [-0.3, -0.25) is 4.90 Å². The normalized spacial score (nSPS) is 25.4. The highest BCUT2D eigenvalue weighted by molar-refractivity contribution is 5.31. The summed E-state index contributed by atoms with van der Waals surface area (Å²) in [6, 6.07) is 10.8. The molecule has 0 spiro atoms. The largest absolute Gasteiger partial charge is 0.378 e. The summed E-state index contributed by atoms with van der Waals surface area (Å²) in [5, 5.41) is 12.7. The summed E-state index contributed by atoms with van der Waals surface area (Å²) in [5.74, 6) is 1.29. The Labute approximate surface area is 152 Å². The van der Waals surface area contributed by atoms with Crippen LogP contribution >= 0.6 is 0 Å². The molecule has 2 aliphatic rings. The number of likely N-dealkylation sites (tertiary alicyclic amines) is 1. The second kappa shape index (κ2) is 8.80. The molecule has 3 rings (SSSR count). The molecule has 0 bridgehead atoms. The van der Waals surface area contributed by atoms with Crippen molar-refractivity contribution in [2.45, 2.75) is 51.8 Å². The highest BCUT2D eigenvalue weighted by atomic mass is 16.5. The van der Waals surface area contributed by atoms with E-state index in [4.69, 9.17) is 10.00 Å². The maximum absolute atomic E-state index is 8.88. The van der Waals surface area contributed by atoms with Crippen molar-refractivity contribution in [1.82, 2.24) is 10.2 Å². The Kier molecular flexibility index (Phi) is 6.47. The molecular formula is C21H31N3O. The van der Waals surface area contributed by atoms with Gasteiger partial charge in [-0.25, -0.2) is 0 Å². The molecule has 0 aromatic heterocycles. The summed E-state index contributed by atoms with van der Waals surface area (Å²) in [7, 11) is 0. The predicted molar refractivity (Wildman–Crippen MR) is 100 cm³/mol. The zero-order chi connectivity index (χ0) is 17.6. The summed E-state index contributed by atoms with van der Waals surface area (Å²) in [5.41, 5.74) is 2.04. The van der Waals surface area contributed by atoms with Crippen molar-refractivity contribution >= 4 is 0 Å². The van der Waals surface area contributed by atoms with Crippen LogP contribution in [0.5, 0.6) is 0 Å². The first kappa shape index (κ1) is 18.4. The molecule has 2 fully saturated rings. The predicted octanol–water partition coefficient (Wildman–Crippen LogP) is 3.17. The third-order valence-electron chi connectivity index (χ3n) is 5.67. The molecule has 0 amide bonds. The highest BCUT2D eigenvalue weighted by Crippen LogP contribution is 2.26. The fourth-order valence-corrected chi connectivity index (χ4v) is 4.17. The lowest BCUT2D eigenvalue weighted by atomic mass is 9.92. The van der Waals surface area contributed by atoms with E-state index in [1.807, 2.05) is 12.1 Å². The van der Waals surface area contributed by atoms with Crippen molar-refractivity contribution in [3.05, 3.63) is 35.4 Å². The molecule has 0 aliphatic carbocycles. The number of rotatable bonds is 6. The number of nitrogens with zero attached hydrogens (tertiary/aromatic N) is 2. The summed E-state index contributed by atoms with van der Waals surface area (Å²) in [4.78, 5) is 2.52. The summed E-state index contributed by atoms with van der Waals surface area (Å²) >= 11 is 0. The quantitative estimate of drug-likeness (QED) is 0.863. The molecule has 1 aromatic carbocycles. The molecular weight excluding hydrogens is 310 g/mol. The lowest BCUT2D eigenvalue weighted by Gasteiger charge is -2.33. The molecule has 2 saturated heterocycles. The summed E-state index contributed by atoms with van der Waals surface area (Å²) < 4.78 is 5.90. The fraction of sp³-hybridized carbons (Fsp3) is 0.667. The highest BCUT2D eigenvalue weighted by Gasteiger charge is 2.31. The van der Waals surface area contributed by atoms with Crippen LogP contribution in [0.1, 0.15) is 44.2 Å². The van der Waals surface area contributed by atoms with Crippen LogP contribution in [0.25, 0.3) is 0 Å². The van der Waals surface area contributed by atoms with E-state index in [1.54, 1.807) is 0 Å². The number of hydrogen-bond donors (Lipinski definition) is 1. The minimum absolute atomic E-state index is 0.434. The smallest absolute Gasteiger partial charge is 0.0991 e. The lowest BCUT2D eigenvalue weighted by Crippen LogP contribution is -2.44. The average molecular weight is 341 g/mol. The third-order valence-corrected chi connectivity index (χ3v) is 5.67. The zero-order valence-electron chi connectivity index (χ0n) is 15.6. The van der Waals surface area contributed by atoms with Crippen LogP contribution < -0.4 is 5.32 Å². The SMILES string of the molecule is CC(C)[C@H]1OCC[C@@H]1CNC1CCN(Cc2ccc(C#N)cc2)CC1. The monoisotopic (exact) mass is 341 g/mol. The van der Waals surface area contributed by atoms with Crippen LogP contribution in [-0.4, -0.2) is 43.3 Å². The van der Waals surface area contributed by atoms with Crippen molar-refractivity contribution in [3.8, 4) is 6.07 Å². The van der Waals surface area contributed by atoms with Gasteiger partial charge in [0.25, 0.3) is 0 Å². The van der Waals surface area contributed by atoms with Gasteiger partial charge in [-0.05, 0) is 61.9 Å². The molecule has 0 unspecified atom stereocenters. The molecule has 2 atom stereocenters. The van der Waals surface area contributed by atoms with E-state index >= 15 is 0 Å². The van der Waals surface area contributed by atoms with Gasteiger partial charge in [0, 0.05) is 25.7 Å². The molecule has 0 radical (unpaired) electrons. The number of nitriles is 1. The molecule has 136 valence electrons. The van der Waals surface area contributed by atoms with Gasteiger partial charge in [0.05, 0.1) is 17.7 Å². The Balaban J connectivity index is 1.39. The molecule has 1 aromatic rings. The van der Waals surface area contributed by atoms with Gasteiger partial charge in [0.15, 0.2) is 0 Å². The number of hydrogen-bond acceptors (Lipinski definition) is 4. The average Bonchev–Trinajstić information content (AvgIpc) is 3.11. The molecule has 2 aliphatic heterocycles. The van der Waals surface area contributed by atoms with Crippen LogP contribution in [0, 0.1) is 23.2 Å². The van der Waals surface area contributed by atoms with Crippen molar-refractivity contribution in [2.75, 3.05) is 26.2 Å². The number of benzene rings is 1. The van der Waals surface area contributed by atoms with E-state index in [1.165, 1.54) is 24.8 Å². The van der Waals surface area contributed by atoms with Crippen LogP contribution in [0.15, 0.2) is 24.3 Å². The second-order valence-electron chi connectivity index (χ2n) is 7.90. The molecule has 4 nitrogen and oxygen atoms in total. The van der Waals surface area contributed by atoms with Crippen LogP contribution in [0.2, 0.25) is 0 Å². The fourth-order valence-electron chi connectivity index (χ4n) is 4.17. The number of piperidine rings is 1. The van der Waals surface area contributed by atoms with Crippen LogP contribution in [0.3, 0.4) is 0 Å². The van der Waals surface area contributed by atoms with E-state index in [0.29, 0.717) is 24.0 Å². The Morgan fingerprint density at radius 2 is 1.92 bits per heavy atom. The Bertz CT molecular complexity index is 570. The second-order valence-corrected chi connectivity index (χ2v) is 7.90. The standard InChI is InChI=1S/C21H31N3O/c1-16(2)21-19(9-12-25-21)14-23-20-7-10-24(11-8-20)15-18-5-3-17(13-22)4-6-18/h3-6,16,19-21,23H,7-12,14-15H2,1-2H3/t19-,21-/m1/s1. The van der Waals surface area contributed by atoms with Gasteiger partial charge < -0.3 is 10.1 Å². The van der Waals surface area contributed by atoms with Gasteiger partial charge in [-0.1, -0.05) is 26.0 Å². The molecule has 2 heterocycles. The number of nitrogens with one attached hydrogen (secondary N) is 1. The van der Waals surface area contributed by atoms with Crippen molar-refractivity contribution in [2.24, 2.45) is 11.8 Å². The topological polar surface area (TPSA) is 48.3 Å². The minimum Gasteiger partial charge on any atom is -0.378 e. The van der Waals surface area contributed by atoms with Gasteiger partial charge in [0.2, 0.25) is 0 Å². The number of ether oxygens (including phenoxy) is 1. The van der Waals surface area contributed by atoms with Crippen molar-refractivity contribution in [3.63, 3.8) is 0 Å². The Morgan fingerprint density at radius 3 is 2.56 bits per heavy atom. The summed E-state index contributed by atoms with van der Waals surface area (Å²) in [6.07, 6.45) is 4.07. The minimum atomic E-state index is 0.434. The zero-order valence-corrected chi connectivity index (χ0v) is 15.6. The van der Waals surface area contributed by atoms with E-state index < -0.39 is 0 Å². The van der Waals surface area contributed by atoms with E-state index in [9.17, 15) is 0 Å². The van der Waals surface area contributed by atoms with Gasteiger partial charge in [-0.2, -0.15) is 5.26 Å². The Hall–Kier alpha value is -1.41. The first-order valence-corrected chi connectivity index (χ1v) is 9.72. The first-order valence-electron chi connectivity index (χ1n) is 9.72. The molecule has 0 saturated carbocycles. The maximum Gasteiger partial charge on any atom is 0.0991 e. The maximum atomic E-state index is 8.88. The van der Waals surface area contributed by atoms with E-state index in [0.717, 1.165) is 38.3 Å². The van der Waals surface area contributed by atoms with Crippen LogP contribution in [-0.2, 0) is 11.3 Å². The molecule has 25 heavy (non-hydrogen) atoms. The molecule has 1 N–H and O–H groups in total. The summed E-state index contributed by atoms with van der Waals surface area (Å²) in [6.45, 7) is 9.85. The third kappa shape index (κ3) is 5.04. The lowest BCUT2D eigenvalue weighted by molar-refractivity contribution is 0.0526. The van der Waals surface area contributed by atoms with Gasteiger partial charge in [0.1, 0.15) is 0 Å². The van der Waals surface area contributed by atoms with Gasteiger partial charge in [-0.15, -0.1) is 0 Å². The first-order chi connectivity index (χ1) is 12.2. The molecule has 4 heteroatoms. The van der Waals surface area contributed by atoms with E-state index in [-0.39, 0.29) is 0 Å². The van der Waals surface area contributed by atoms with Gasteiger partial charge >= 0.3 is 0 Å². The van der Waals surface area contributed by atoms with E-state index in [2.05, 4.69) is 42.3 Å².